The summed E-state index contributed by atoms with van der Waals surface area (Å²) < 4.78 is 15.0. The van der Waals surface area contributed by atoms with Gasteiger partial charge in [0.25, 0.3) is 5.91 Å². The molecule has 0 unspecified atom stereocenters. The van der Waals surface area contributed by atoms with Gasteiger partial charge in [0.05, 0.1) is 11.4 Å². The Morgan fingerprint density at radius 2 is 1.65 bits per heavy atom. The van der Waals surface area contributed by atoms with Crippen molar-refractivity contribution in [2.45, 2.75) is 13.8 Å². The third-order valence-electron chi connectivity index (χ3n) is 5.50. The van der Waals surface area contributed by atoms with Crippen LogP contribution in [-0.2, 0) is 4.79 Å². The monoisotopic (exact) mass is 456 g/mol. The molecule has 0 aliphatic rings. The zero-order valence-electron chi connectivity index (χ0n) is 19.0. The van der Waals surface area contributed by atoms with Crippen molar-refractivity contribution in [1.29, 1.82) is 0 Å². The summed E-state index contributed by atoms with van der Waals surface area (Å²) in [6.07, 6.45) is 0. The highest BCUT2D eigenvalue weighted by Gasteiger charge is 2.20. The number of hydrogen-bond donors (Lipinski definition) is 1. The number of nitrogens with zero attached hydrogens (tertiary/aromatic N) is 3. The Kier molecular flexibility index (Phi) is 6.82. The summed E-state index contributed by atoms with van der Waals surface area (Å²) >= 11 is 0. The molecule has 7 heteroatoms. The maximum atomic E-state index is 13.5. The number of carbonyl (C=O) groups is 2. The quantitative estimate of drug-likeness (QED) is 0.421. The number of amides is 2. The van der Waals surface area contributed by atoms with Crippen molar-refractivity contribution in [3.05, 3.63) is 102 Å². The van der Waals surface area contributed by atoms with Crippen molar-refractivity contribution < 1.29 is 14.0 Å². The number of aryl methyl sites for hydroxylation is 1. The van der Waals surface area contributed by atoms with E-state index >= 15 is 0 Å². The van der Waals surface area contributed by atoms with Gasteiger partial charge >= 0.3 is 0 Å². The van der Waals surface area contributed by atoms with E-state index in [2.05, 4.69) is 10.4 Å². The van der Waals surface area contributed by atoms with Crippen LogP contribution in [0.25, 0.3) is 16.9 Å². The molecular weight excluding hydrogens is 431 g/mol. The SMILES string of the molecule is CCN(CC(=O)Nc1cc(-c2ccccc2)nn1-c1ccc(F)cc1)C(=O)c1ccccc1C. The molecule has 0 spiro atoms. The molecule has 34 heavy (non-hydrogen) atoms. The Balaban J connectivity index is 1.60. The minimum Gasteiger partial charge on any atom is -0.330 e. The van der Waals surface area contributed by atoms with Crippen LogP contribution in [0.2, 0.25) is 0 Å². The molecule has 0 aliphatic carbocycles. The molecule has 172 valence electrons. The second-order valence-electron chi connectivity index (χ2n) is 7.85. The number of likely N-dealkylation sites (N-methyl/N-ethyl adjacent to an activating group) is 1. The Bertz CT molecular complexity index is 1300. The van der Waals surface area contributed by atoms with Gasteiger partial charge in [-0.05, 0) is 49.7 Å². The lowest BCUT2D eigenvalue weighted by atomic mass is 10.1. The van der Waals surface area contributed by atoms with Crippen molar-refractivity contribution in [2.75, 3.05) is 18.4 Å². The summed E-state index contributed by atoms with van der Waals surface area (Å²) in [5.74, 6) is -0.493. The Labute approximate surface area is 197 Å². The zero-order chi connectivity index (χ0) is 24.1. The minimum atomic E-state index is -0.363. The highest BCUT2D eigenvalue weighted by molar-refractivity contribution is 6.00. The number of benzene rings is 3. The van der Waals surface area contributed by atoms with E-state index in [1.807, 2.05) is 56.3 Å². The Hall–Kier alpha value is -4.26. The van der Waals surface area contributed by atoms with Gasteiger partial charge in [0.1, 0.15) is 18.2 Å². The highest BCUT2D eigenvalue weighted by Crippen LogP contribution is 2.25. The van der Waals surface area contributed by atoms with Crippen LogP contribution in [0.15, 0.2) is 84.9 Å². The molecule has 1 heterocycles. The van der Waals surface area contributed by atoms with Crippen LogP contribution in [0, 0.1) is 12.7 Å². The first-order chi connectivity index (χ1) is 16.5. The van der Waals surface area contributed by atoms with Crippen molar-refractivity contribution in [3.8, 4) is 16.9 Å². The van der Waals surface area contributed by atoms with Crippen molar-refractivity contribution in [2.24, 2.45) is 0 Å². The average molecular weight is 457 g/mol. The predicted octanol–water partition coefficient (Wildman–Crippen LogP) is 5.09. The maximum absolute atomic E-state index is 13.5. The van der Waals surface area contributed by atoms with E-state index in [-0.39, 0.29) is 24.2 Å². The van der Waals surface area contributed by atoms with E-state index in [4.69, 9.17) is 0 Å². The second-order valence-corrected chi connectivity index (χ2v) is 7.85. The minimum absolute atomic E-state index is 0.112. The van der Waals surface area contributed by atoms with Crippen LogP contribution >= 0.6 is 0 Å². The fourth-order valence-electron chi connectivity index (χ4n) is 3.67. The van der Waals surface area contributed by atoms with Crippen molar-refractivity contribution in [1.82, 2.24) is 14.7 Å². The average Bonchev–Trinajstić information content (AvgIpc) is 3.27. The molecular formula is C27H25FN4O2. The number of anilines is 1. The first-order valence-corrected chi connectivity index (χ1v) is 11.0. The van der Waals surface area contributed by atoms with E-state index in [1.165, 1.54) is 17.0 Å². The number of nitrogens with one attached hydrogen (secondary N) is 1. The molecule has 0 fully saturated rings. The van der Waals surface area contributed by atoms with Crippen LogP contribution in [0.3, 0.4) is 0 Å². The number of rotatable bonds is 7. The second kappa shape index (κ2) is 10.1. The molecule has 0 saturated carbocycles. The summed E-state index contributed by atoms with van der Waals surface area (Å²) in [7, 11) is 0. The fourth-order valence-corrected chi connectivity index (χ4v) is 3.67. The highest BCUT2D eigenvalue weighted by atomic mass is 19.1. The van der Waals surface area contributed by atoms with Gasteiger partial charge in [-0.3, -0.25) is 9.59 Å². The van der Waals surface area contributed by atoms with Gasteiger partial charge in [-0.25, -0.2) is 9.07 Å². The molecule has 4 rings (SSSR count). The molecule has 3 aromatic carbocycles. The Morgan fingerprint density at radius 3 is 2.32 bits per heavy atom. The van der Waals surface area contributed by atoms with Crippen molar-refractivity contribution in [3.63, 3.8) is 0 Å². The van der Waals surface area contributed by atoms with Crippen LogP contribution in [0.5, 0.6) is 0 Å². The van der Waals surface area contributed by atoms with Gasteiger partial charge in [-0.15, -0.1) is 0 Å². The summed E-state index contributed by atoms with van der Waals surface area (Å²) in [6, 6.07) is 24.5. The Morgan fingerprint density at radius 1 is 0.971 bits per heavy atom. The zero-order valence-corrected chi connectivity index (χ0v) is 19.0. The van der Waals surface area contributed by atoms with Gasteiger partial charge in [-0.2, -0.15) is 5.10 Å². The first kappa shape index (κ1) is 22.9. The normalized spacial score (nSPS) is 10.7. The lowest BCUT2D eigenvalue weighted by Gasteiger charge is -2.21. The van der Waals surface area contributed by atoms with Gasteiger partial charge in [0.15, 0.2) is 0 Å². The molecule has 1 N–H and O–H groups in total. The maximum Gasteiger partial charge on any atom is 0.254 e. The number of aromatic nitrogens is 2. The third-order valence-corrected chi connectivity index (χ3v) is 5.50. The molecule has 0 saturated heterocycles. The summed E-state index contributed by atoms with van der Waals surface area (Å²) in [6.45, 7) is 3.97. The van der Waals surface area contributed by atoms with Gasteiger partial charge < -0.3 is 10.2 Å². The molecule has 0 radical (unpaired) electrons. The first-order valence-electron chi connectivity index (χ1n) is 11.0. The molecule has 4 aromatic rings. The molecule has 6 nitrogen and oxygen atoms in total. The molecule has 1 aromatic heterocycles. The van der Waals surface area contributed by atoms with E-state index in [1.54, 1.807) is 35.0 Å². The van der Waals surface area contributed by atoms with Crippen LogP contribution in [-0.4, -0.2) is 39.6 Å². The van der Waals surface area contributed by atoms with Crippen LogP contribution in [0.1, 0.15) is 22.8 Å². The smallest absolute Gasteiger partial charge is 0.254 e. The topological polar surface area (TPSA) is 67.2 Å². The lowest BCUT2D eigenvalue weighted by Crippen LogP contribution is -2.38. The van der Waals surface area contributed by atoms with Crippen LogP contribution in [0.4, 0.5) is 10.2 Å². The third kappa shape index (κ3) is 5.04. The lowest BCUT2D eigenvalue weighted by molar-refractivity contribution is -0.116. The van der Waals surface area contributed by atoms with Crippen molar-refractivity contribution >= 4 is 17.6 Å². The fraction of sp³-hybridized carbons (Fsp3) is 0.148. The standard InChI is InChI=1S/C27H25FN4O2/c1-3-31(27(34)23-12-8-7-9-19(23)2)18-26(33)29-25-17-24(20-10-5-4-6-11-20)30-32(25)22-15-13-21(28)14-16-22/h4-17H,3,18H2,1-2H3,(H,29,33). The summed E-state index contributed by atoms with van der Waals surface area (Å²) in [4.78, 5) is 27.5. The molecule has 0 bridgehead atoms. The van der Waals surface area contributed by atoms with E-state index in [0.717, 1.165) is 11.1 Å². The van der Waals surface area contributed by atoms with E-state index < -0.39 is 0 Å². The largest absolute Gasteiger partial charge is 0.330 e. The molecule has 0 aliphatic heterocycles. The number of hydrogen-bond acceptors (Lipinski definition) is 3. The van der Waals surface area contributed by atoms with Gasteiger partial charge in [0.2, 0.25) is 5.91 Å². The predicted molar refractivity (Wildman–Crippen MR) is 130 cm³/mol. The van der Waals surface area contributed by atoms with Gasteiger partial charge in [0, 0.05) is 23.7 Å². The van der Waals surface area contributed by atoms with Crippen LogP contribution < -0.4 is 5.32 Å². The van der Waals surface area contributed by atoms with Gasteiger partial charge in [-0.1, -0.05) is 48.5 Å². The summed E-state index contributed by atoms with van der Waals surface area (Å²) in [5.41, 5.74) is 3.56. The molecule has 0 atom stereocenters. The molecule has 2 amide bonds. The van der Waals surface area contributed by atoms with E-state index in [0.29, 0.717) is 29.3 Å². The number of halogens is 1. The van der Waals surface area contributed by atoms with E-state index in [9.17, 15) is 14.0 Å². The number of carbonyl (C=O) groups excluding carboxylic acids is 2. The summed E-state index contributed by atoms with van der Waals surface area (Å²) in [5, 5.41) is 7.50.